The smallest absolute Gasteiger partial charge is 0.225 e. The van der Waals surface area contributed by atoms with Crippen molar-refractivity contribution < 1.29 is 14.7 Å². The molecule has 27 heavy (non-hydrogen) atoms. The lowest BCUT2D eigenvalue weighted by Gasteiger charge is -2.19. The summed E-state index contributed by atoms with van der Waals surface area (Å²) in [5, 5.41) is 16.1. The molecule has 0 spiro atoms. The molecule has 4 aromatic rings. The third-order valence-electron chi connectivity index (χ3n) is 4.74. The van der Waals surface area contributed by atoms with Gasteiger partial charge in [-0.2, -0.15) is 0 Å². The highest BCUT2D eigenvalue weighted by atomic mass is 16.4. The second-order valence-corrected chi connectivity index (χ2v) is 6.54. The first-order valence-corrected chi connectivity index (χ1v) is 8.72. The maximum Gasteiger partial charge on any atom is 0.225 e. The number of rotatable bonds is 6. The molecule has 6 heteroatoms. The van der Waals surface area contributed by atoms with Crippen molar-refractivity contribution in [3.8, 4) is 0 Å². The lowest BCUT2D eigenvalue weighted by atomic mass is 10.0. The second-order valence-electron chi connectivity index (χ2n) is 6.54. The van der Waals surface area contributed by atoms with Crippen LogP contribution in [-0.2, 0) is 22.4 Å². The third-order valence-corrected chi connectivity index (χ3v) is 4.74. The monoisotopic (exact) mass is 360 g/mol. The van der Waals surface area contributed by atoms with Crippen molar-refractivity contribution in [3.63, 3.8) is 0 Å². The lowest BCUT2D eigenvalue weighted by Crippen LogP contribution is -2.49. The predicted octanol–water partition coefficient (Wildman–Crippen LogP) is 1.67. The number of benzene rings is 2. The molecule has 3 N–H and O–H groups in total. The van der Waals surface area contributed by atoms with Crippen molar-refractivity contribution in [2.24, 2.45) is 0 Å². The number of carboxylic acids is 1. The van der Waals surface area contributed by atoms with Gasteiger partial charge < -0.3 is 25.2 Å². The molecule has 2 aromatic heterocycles. The fourth-order valence-electron chi connectivity index (χ4n) is 3.41. The molecule has 0 aliphatic carbocycles. The zero-order chi connectivity index (χ0) is 18.8. The number of aliphatic carboxylic acids is 1. The predicted molar refractivity (Wildman–Crippen MR) is 101 cm³/mol. The molecule has 0 unspecified atom stereocenters. The summed E-state index contributed by atoms with van der Waals surface area (Å²) in [5.41, 5.74) is 3.52. The first-order chi connectivity index (χ1) is 13.1. The summed E-state index contributed by atoms with van der Waals surface area (Å²) in [4.78, 5) is 30.2. The number of aromatic amines is 2. The van der Waals surface area contributed by atoms with Gasteiger partial charge in [0.1, 0.15) is 0 Å². The second kappa shape index (κ2) is 6.99. The fourth-order valence-corrected chi connectivity index (χ4v) is 3.41. The molecule has 4 rings (SSSR count). The quantitative estimate of drug-likeness (QED) is 0.487. The number of carbonyl (C=O) groups is 2. The van der Waals surface area contributed by atoms with Gasteiger partial charge in [0.25, 0.3) is 0 Å². The summed E-state index contributed by atoms with van der Waals surface area (Å²) in [6, 6.07) is 14.2. The van der Waals surface area contributed by atoms with Gasteiger partial charge >= 0.3 is 0 Å². The Bertz CT molecular complexity index is 1130. The number of carboxylic acid groups (broad SMARTS) is 1. The minimum Gasteiger partial charge on any atom is -0.548 e. The van der Waals surface area contributed by atoms with Crippen molar-refractivity contribution in [2.45, 2.75) is 18.9 Å². The highest BCUT2D eigenvalue weighted by molar-refractivity contribution is 5.91. The van der Waals surface area contributed by atoms with Crippen molar-refractivity contribution in [1.29, 1.82) is 0 Å². The van der Waals surface area contributed by atoms with E-state index in [-0.39, 0.29) is 18.7 Å². The topological polar surface area (TPSA) is 101 Å². The standard InChI is InChI=1S/C21H19N3O3/c25-20(10-14-12-23-18-8-4-2-6-16(14)18)24-19(21(26)27)9-13-11-22-17-7-3-1-5-15(13)17/h1-8,11-12,19,22-23H,9-10H2,(H,24,25)(H,26,27)/p-1/t19-/m0/s1. The summed E-state index contributed by atoms with van der Waals surface area (Å²) < 4.78 is 0. The van der Waals surface area contributed by atoms with Crippen molar-refractivity contribution in [1.82, 2.24) is 15.3 Å². The lowest BCUT2D eigenvalue weighted by molar-refractivity contribution is -0.308. The molecule has 0 aliphatic rings. The molecule has 0 saturated carbocycles. The average molecular weight is 360 g/mol. The minimum atomic E-state index is -1.30. The van der Waals surface area contributed by atoms with Gasteiger partial charge in [-0.15, -0.1) is 0 Å². The Morgan fingerprint density at radius 2 is 1.44 bits per heavy atom. The number of hydrogen-bond acceptors (Lipinski definition) is 3. The maximum absolute atomic E-state index is 12.4. The van der Waals surface area contributed by atoms with Crippen LogP contribution in [0.15, 0.2) is 60.9 Å². The summed E-state index contributed by atoms with van der Waals surface area (Å²) in [6.45, 7) is 0. The number of nitrogens with one attached hydrogen (secondary N) is 3. The van der Waals surface area contributed by atoms with Gasteiger partial charge in [-0.05, 0) is 23.3 Å². The molecule has 0 saturated heterocycles. The Morgan fingerprint density at radius 1 is 0.889 bits per heavy atom. The Balaban J connectivity index is 1.49. The summed E-state index contributed by atoms with van der Waals surface area (Å²) >= 11 is 0. The van der Waals surface area contributed by atoms with E-state index in [0.29, 0.717) is 0 Å². The van der Waals surface area contributed by atoms with Crippen LogP contribution >= 0.6 is 0 Å². The van der Waals surface area contributed by atoms with E-state index in [1.54, 1.807) is 12.4 Å². The molecule has 0 bridgehead atoms. The first-order valence-electron chi connectivity index (χ1n) is 8.72. The van der Waals surface area contributed by atoms with E-state index in [2.05, 4.69) is 15.3 Å². The van der Waals surface area contributed by atoms with Crippen LogP contribution in [0.25, 0.3) is 21.8 Å². The molecular formula is C21H18N3O3-. The van der Waals surface area contributed by atoms with E-state index < -0.39 is 12.0 Å². The molecule has 1 atom stereocenters. The highest BCUT2D eigenvalue weighted by Gasteiger charge is 2.17. The Morgan fingerprint density at radius 3 is 2.07 bits per heavy atom. The Hall–Kier alpha value is -3.54. The van der Waals surface area contributed by atoms with Crippen molar-refractivity contribution in [3.05, 3.63) is 72.1 Å². The number of para-hydroxylation sites is 2. The minimum absolute atomic E-state index is 0.0989. The number of amides is 1. The van der Waals surface area contributed by atoms with Crippen LogP contribution in [0, 0.1) is 0 Å². The highest BCUT2D eigenvalue weighted by Crippen LogP contribution is 2.20. The molecule has 2 heterocycles. The van der Waals surface area contributed by atoms with Crippen LogP contribution in [0.2, 0.25) is 0 Å². The number of hydrogen-bond donors (Lipinski definition) is 3. The zero-order valence-electron chi connectivity index (χ0n) is 14.5. The molecular weight excluding hydrogens is 342 g/mol. The molecule has 136 valence electrons. The van der Waals surface area contributed by atoms with E-state index in [1.165, 1.54) is 0 Å². The van der Waals surface area contributed by atoms with Crippen LogP contribution in [0.1, 0.15) is 11.1 Å². The summed E-state index contributed by atoms with van der Waals surface area (Å²) in [6.07, 6.45) is 3.80. The first kappa shape index (κ1) is 16.9. The summed E-state index contributed by atoms with van der Waals surface area (Å²) in [5.74, 6) is -1.65. The van der Waals surface area contributed by atoms with Gasteiger partial charge in [-0.3, -0.25) is 4.79 Å². The van der Waals surface area contributed by atoms with Gasteiger partial charge in [0.15, 0.2) is 0 Å². The van der Waals surface area contributed by atoms with E-state index in [0.717, 1.165) is 32.9 Å². The van der Waals surface area contributed by atoms with Crippen LogP contribution in [-0.4, -0.2) is 27.9 Å². The van der Waals surface area contributed by atoms with Crippen LogP contribution < -0.4 is 10.4 Å². The molecule has 0 radical (unpaired) electrons. The third kappa shape index (κ3) is 3.42. The van der Waals surface area contributed by atoms with Gasteiger partial charge in [0.05, 0.1) is 18.4 Å². The summed E-state index contributed by atoms with van der Waals surface area (Å²) in [7, 11) is 0. The number of fused-ring (bicyclic) bond motifs is 2. The molecule has 6 nitrogen and oxygen atoms in total. The maximum atomic E-state index is 12.4. The normalized spacial score (nSPS) is 12.3. The van der Waals surface area contributed by atoms with Gasteiger partial charge in [-0.1, -0.05) is 36.4 Å². The Kier molecular flexibility index (Phi) is 4.38. The van der Waals surface area contributed by atoms with Crippen LogP contribution in [0.3, 0.4) is 0 Å². The van der Waals surface area contributed by atoms with Crippen LogP contribution in [0.5, 0.6) is 0 Å². The van der Waals surface area contributed by atoms with E-state index >= 15 is 0 Å². The largest absolute Gasteiger partial charge is 0.548 e. The molecule has 1 amide bonds. The van der Waals surface area contributed by atoms with Gasteiger partial charge in [0, 0.05) is 40.6 Å². The molecule has 0 aliphatic heterocycles. The zero-order valence-corrected chi connectivity index (χ0v) is 14.5. The van der Waals surface area contributed by atoms with E-state index in [4.69, 9.17) is 0 Å². The van der Waals surface area contributed by atoms with E-state index in [1.807, 2.05) is 48.5 Å². The van der Waals surface area contributed by atoms with Crippen molar-refractivity contribution in [2.75, 3.05) is 0 Å². The fraction of sp³-hybridized carbons (Fsp3) is 0.143. The van der Waals surface area contributed by atoms with Gasteiger partial charge in [-0.25, -0.2) is 0 Å². The number of H-pyrrole nitrogens is 2. The molecule has 2 aromatic carbocycles. The van der Waals surface area contributed by atoms with Crippen LogP contribution in [0.4, 0.5) is 0 Å². The number of aromatic nitrogens is 2. The average Bonchev–Trinajstić information content (AvgIpc) is 3.26. The van der Waals surface area contributed by atoms with E-state index in [9.17, 15) is 14.7 Å². The van der Waals surface area contributed by atoms with Gasteiger partial charge in [0.2, 0.25) is 5.91 Å². The Labute approximate surface area is 155 Å². The SMILES string of the molecule is O=C(Cc1c[nH]c2ccccc12)N[C@@H](Cc1c[nH]c2ccccc12)C(=O)[O-]. The van der Waals surface area contributed by atoms with Crippen molar-refractivity contribution >= 4 is 33.7 Å². The number of carbonyl (C=O) groups excluding carboxylic acids is 2. The molecule has 0 fully saturated rings.